The molecule has 0 fully saturated rings. The van der Waals surface area contributed by atoms with E-state index >= 15 is 0 Å². The van der Waals surface area contributed by atoms with Crippen LogP contribution in [0.3, 0.4) is 0 Å². The van der Waals surface area contributed by atoms with Crippen molar-refractivity contribution in [3.05, 3.63) is 34.2 Å². The van der Waals surface area contributed by atoms with Gasteiger partial charge in [0.1, 0.15) is 0 Å². The highest BCUT2D eigenvalue weighted by atomic mass is 16.3. The Morgan fingerprint density at radius 2 is 2.18 bits per heavy atom. The zero-order chi connectivity index (χ0) is 12.6. The lowest BCUT2D eigenvalue weighted by atomic mass is 10.1. The van der Waals surface area contributed by atoms with Crippen molar-refractivity contribution in [3.63, 3.8) is 0 Å². The second-order valence-electron chi connectivity index (χ2n) is 4.46. The van der Waals surface area contributed by atoms with Crippen LogP contribution in [0.5, 0.6) is 0 Å². The molecule has 0 saturated carbocycles. The van der Waals surface area contributed by atoms with Crippen LogP contribution in [0, 0.1) is 0 Å². The first-order valence-corrected chi connectivity index (χ1v) is 5.65. The third-order valence-electron chi connectivity index (χ3n) is 2.88. The molecule has 0 aliphatic heterocycles. The van der Waals surface area contributed by atoms with Crippen molar-refractivity contribution < 1.29 is 5.11 Å². The van der Waals surface area contributed by atoms with Gasteiger partial charge in [0.05, 0.1) is 23.7 Å². The summed E-state index contributed by atoms with van der Waals surface area (Å²) < 4.78 is 1.70. The molecule has 2 aromatic rings. The highest BCUT2D eigenvalue weighted by molar-refractivity contribution is 5.76. The van der Waals surface area contributed by atoms with E-state index in [4.69, 9.17) is 10.8 Å². The number of imidazole rings is 1. The molecule has 4 N–H and O–H groups in total. The molecule has 1 aromatic heterocycles. The Morgan fingerprint density at radius 3 is 2.76 bits per heavy atom. The molecule has 0 amide bonds. The van der Waals surface area contributed by atoms with Crippen LogP contribution in [0.1, 0.15) is 31.5 Å². The molecule has 1 aromatic carbocycles. The molecule has 0 saturated heterocycles. The van der Waals surface area contributed by atoms with Crippen LogP contribution in [0.4, 0.5) is 0 Å². The van der Waals surface area contributed by atoms with Crippen molar-refractivity contribution in [1.29, 1.82) is 0 Å². The van der Waals surface area contributed by atoms with E-state index in [1.807, 2.05) is 32.0 Å². The van der Waals surface area contributed by atoms with Crippen molar-refractivity contribution in [2.24, 2.45) is 5.73 Å². The summed E-state index contributed by atoms with van der Waals surface area (Å²) in [5, 5.41) is 9.01. The van der Waals surface area contributed by atoms with Gasteiger partial charge in [-0.25, -0.2) is 4.79 Å². The summed E-state index contributed by atoms with van der Waals surface area (Å²) in [7, 11) is 0. The fourth-order valence-electron chi connectivity index (χ4n) is 2.00. The van der Waals surface area contributed by atoms with Crippen LogP contribution in [0.25, 0.3) is 11.0 Å². The number of aromatic amines is 1. The van der Waals surface area contributed by atoms with Crippen molar-refractivity contribution >= 4 is 11.0 Å². The number of rotatable bonds is 3. The Bertz CT molecular complexity index is 583. The minimum Gasteiger partial charge on any atom is -0.394 e. The van der Waals surface area contributed by atoms with Gasteiger partial charge >= 0.3 is 5.69 Å². The first-order chi connectivity index (χ1) is 8.04. The molecule has 2 rings (SSSR count). The van der Waals surface area contributed by atoms with Crippen LogP contribution in [-0.2, 0) is 0 Å². The molecule has 1 unspecified atom stereocenters. The van der Waals surface area contributed by atoms with Gasteiger partial charge in [0.25, 0.3) is 0 Å². The molecular weight excluding hydrogens is 218 g/mol. The van der Waals surface area contributed by atoms with E-state index < -0.39 is 6.04 Å². The van der Waals surface area contributed by atoms with Crippen molar-refractivity contribution in [1.82, 2.24) is 9.55 Å². The lowest BCUT2D eigenvalue weighted by Crippen LogP contribution is -2.18. The molecule has 1 heterocycles. The predicted molar refractivity (Wildman–Crippen MR) is 67.0 cm³/mol. The van der Waals surface area contributed by atoms with Crippen molar-refractivity contribution in [3.8, 4) is 0 Å². The van der Waals surface area contributed by atoms with Gasteiger partial charge in [0.15, 0.2) is 0 Å². The van der Waals surface area contributed by atoms with Crippen molar-refractivity contribution in [2.75, 3.05) is 6.61 Å². The number of aliphatic hydroxyl groups is 1. The lowest BCUT2D eigenvalue weighted by molar-refractivity contribution is 0.268. The maximum atomic E-state index is 11.8. The quantitative estimate of drug-likeness (QED) is 0.739. The summed E-state index contributed by atoms with van der Waals surface area (Å²) in [4.78, 5) is 14.6. The van der Waals surface area contributed by atoms with E-state index in [-0.39, 0.29) is 18.3 Å². The maximum Gasteiger partial charge on any atom is 0.326 e. The van der Waals surface area contributed by atoms with Gasteiger partial charge in [-0.1, -0.05) is 6.07 Å². The van der Waals surface area contributed by atoms with Gasteiger partial charge in [-0.05, 0) is 31.5 Å². The average molecular weight is 235 g/mol. The maximum absolute atomic E-state index is 11.8. The standard InChI is InChI=1S/C12H17N3O2/c1-7(2)15-11-4-3-8(9(13)6-16)5-10(11)14-12(15)17/h3-5,7,9,16H,6,13H2,1-2H3,(H,14,17). The second-order valence-corrected chi connectivity index (χ2v) is 4.46. The molecule has 5 nitrogen and oxygen atoms in total. The highest BCUT2D eigenvalue weighted by Crippen LogP contribution is 2.19. The van der Waals surface area contributed by atoms with Gasteiger partial charge in [0, 0.05) is 6.04 Å². The number of aromatic nitrogens is 2. The Morgan fingerprint density at radius 1 is 1.47 bits per heavy atom. The molecular formula is C12H17N3O2. The molecule has 17 heavy (non-hydrogen) atoms. The summed E-state index contributed by atoms with van der Waals surface area (Å²) in [6.45, 7) is 3.81. The zero-order valence-electron chi connectivity index (χ0n) is 9.97. The monoisotopic (exact) mass is 235 g/mol. The number of nitrogens with one attached hydrogen (secondary N) is 1. The Hall–Kier alpha value is -1.59. The molecule has 0 radical (unpaired) electrons. The third-order valence-corrected chi connectivity index (χ3v) is 2.88. The van der Waals surface area contributed by atoms with Crippen LogP contribution in [0.15, 0.2) is 23.0 Å². The topological polar surface area (TPSA) is 84.0 Å². The SMILES string of the molecule is CC(C)n1c(=O)[nH]c2cc(C(N)CO)ccc21. The Kier molecular flexibility index (Phi) is 3.04. The molecule has 5 heteroatoms. The fourth-order valence-corrected chi connectivity index (χ4v) is 2.00. The van der Waals surface area contributed by atoms with E-state index in [2.05, 4.69) is 4.98 Å². The minimum absolute atomic E-state index is 0.105. The van der Waals surface area contributed by atoms with Crippen LogP contribution in [-0.4, -0.2) is 21.3 Å². The first-order valence-electron chi connectivity index (χ1n) is 5.65. The summed E-state index contributed by atoms with van der Waals surface area (Å²) in [5.74, 6) is 0. The van der Waals surface area contributed by atoms with E-state index in [0.29, 0.717) is 0 Å². The molecule has 0 spiro atoms. The molecule has 0 bridgehead atoms. The highest BCUT2D eigenvalue weighted by Gasteiger charge is 2.11. The number of hydrogen-bond acceptors (Lipinski definition) is 3. The average Bonchev–Trinajstić information content (AvgIpc) is 2.62. The van der Waals surface area contributed by atoms with Crippen LogP contribution in [0.2, 0.25) is 0 Å². The van der Waals surface area contributed by atoms with Gasteiger partial charge in [-0.3, -0.25) is 4.57 Å². The van der Waals surface area contributed by atoms with Crippen LogP contribution < -0.4 is 11.4 Å². The number of fused-ring (bicyclic) bond motifs is 1. The Labute approximate surface area is 98.9 Å². The largest absolute Gasteiger partial charge is 0.394 e. The van der Waals surface area contributed by atoms with E-state index in [1.165, 1.54) is 0 Å². The number of aliphatic hydroxyl groups excluding tert-OH is 1. The fraction of sp³-hybridized carbons (Fsp3) is 0.417. The molecule has 0 aliphatic carbocycles. The zero-order valence-corrected chi connectivity index (χ0v) is 9.97. The Balaban J connectivity index is 2.62. The first kappa shape index (κ1) is 11.9. The number of nitrogens with zero attached hydrogens (tertiary/aromatic N) is 1. The molecule has 92 valence electrons. The molecule has 0 aliphatic rings. The van der Waals surface area contributed by atoms with Gasteiger partial charge < -0.3 is 15.8 Å². The van der Waals surface area contributed by atoms with Gasteiger partial charge in [0.2, 0.25) is 0 Å². The number of benzene rings is 1. The second kappa shape index (κ2) is 4.35. The van der Waals surface area contributed by atoms with E-state index in [9.17, 15) is 4.79 Å². The summed E-state index contributed by atoms with van der Waals surface area (Å²) in [6.07, 6.45) is 0. The van der Waals surface area contributed by atoms with Gasteiger partial charge in [-0.15, -0.1) is 0 Å². The van der Waals surface area contributed by atoms with E-state index in [1.54, 1.807) is 4.57 Å². The normalized spacial score (nSPS) is 13.5. The lowest BCUT2D eigenvalue weighted by Gasteiger charge is -2.10. The number of nitrogens with two attached hydrogens (primary N) is 1. The smallest absolute Gasteiger partial charge is 0.326 e. The summed E-state index contributed by atoms with van der Waals surface area (Å²) in [6, 6.07) is 5.21. The van der Waals surface area contributed by atoms with E-state index in [0.717, 1.165) is 16.6 Å². The number of H-pyrrole nitrogens is 1. The minimum atomic E-state index is -0.412. The summed E-state index contributed by atoms with van der Waals surface area (Å²) in [5.41, 5.74) is 8.05. The molecule has 1 atom stereocenters. The predicted octanol–water partition coefficient (Wildman–Crippen LogP) is 0.903. The third kappa shape index (κ3) is 1.99. The number of hydrogen-bond donors (Lipinski definition) is 3. The van der Waals surface area contributed by atoms with Crippen LogP contribution >= 0.6 is 0 Å². The van der Waals surface area contributed by atoms with Gasteiger partial charge in [-0.2, -0.15) is 0 Å². The van der Waals surface area contributed by atoms with Crippen molar-refractivity contribution in [2.45, 2.75) is 25.9 Å². The summed E-state index contributed by atoms with van der Waals surface area (Å²) >= 11 is 0.